The van der Waals surface area contributed by atoms with Gasteiger partial charge in [-0.2, -0.15) is 0 Å². The highest BCUT2D eigenvalue weighted by atomic mass is 32.1. The number of nitrogens with zero attached hydrogens (tertiary/aromatic N) is 2. The van der Waals surface area contributed by atoms with Gasteiger partial charge >= 0.3 is 0 Å². The van der Waals surface area contributed by atoms with Gasteiger partial charge in [-0.15, -0.1) is 11.3 Å². The molecule has 2 aromatic rings. The lowest BCUT2D eigenvalue weighted by atomic mass is 10.2. The van der Waals surface area contributed by atoms with Crippen LogP contribution in [0, 0.1) is 0 Å². The lowest BCUT2D eigenvalue weighted by molar-refractivity contribution is -0.131. The second-order valence-corrected chi connectivity index (χ2v) is 5.81. The van der Waals surface area contributed by atoms with Crippen molar-refractivity contribution in [2.45, 2.75) is 25.9 Å². The number of aryl methyl sites for hydroxylation is 1. The summed E-state index contributed by atoms with van der Waals surface area (Å²) in [5.74, 6) is 0.0418. The summed E-state index contributed by atoms with van der Waals surface area (Å²) in [6.45, 7) is 2.05. The molecule has 0 aliphatic carbocycles. The Bertz CT molecular complexity index is 532. The van der Waals surface area contributed by atoms with E-state index in [0.717, 1.165) is 15.2 Å². The Balaban J connectivity index is 1.93. The van der Waals surface area contributed by atoms with E-state index >= 15 is 0 Å². The highest BCUT2D eigenvalue weighted by Gasteiger charge is 2.12. The number of para-hydroxylation sites is 1. The molecule has 0 bridgehead atoms. The predicted octanol–water partition coefficient (Wildman–Crippen LogP) is 2.07. The number of aliphatic hydroxyl groups is 1. The first-order valence-electron chi connectivity index (χ1n) is 6.32. The topological polar surface area (TPSA) is 53.4 Å². The van der Waals surface area contributed by atoms with Crippen molar-refractivity contribution in [3.8, 4) is 0 Å². The van der Waals surface area contributed by atoms with Crippen molar-refractivity contribution in [3.05, 3.63) is 29.3 Å². The SMILES string of the molecule is CC(O)CN(C)C(=O)CCc1nc2ccccc2s1. The van der Waals surface area contributed by atoms with Crippen LogP contribution in [0.2, 0.25) is 0 Å². The fourth-order valence-electron chi connectivity index (χ4n) is 1.93. The molecule has 1 amide bonds. The maximum atomic E-state index is 11.9. The largest absolute Gasteiger partial charge is 0.392 e. The van der Waals surface area contributed by atoms with Crippen molar-refractivity contribution in [3.63, 3.8) is 0 Å². The molecule has 102 valence electrons. The number of carbonyl (C=O) groups is 1. The summed E-state index contributed by atoms with van der Waals surface area (Å²) in [6.07, 6.45) is 0.599. The maximum absolute atomic E-state index is 11.9. The molecule has 0 saturated carbocycles. The molecule has 0 radical (unpaired) electrons. The standard InChI is InChI=1S/C14H18N2O2S/c1-10(17)9-16(2)14(18)8-7-13-15-11-5-3-4-6-12(11)19-13/h3-6,10,17H,7-9H2,1-2H3. The van der Waals surface area contributed by atoms with Crippen LogP contribution in [-0.4, -0.2) is 40.6 Å². The summed E-state index contributed by atoms with van der Waals surface area (Å²) in [6, 6.07) is 7.98. The van der Waals surface area contributed by atoms with Crippen LogP contribution in [0.15, 0.2) is 24.3 Å². The van der Waals surface area contributed by atoms with Crippen molar-refractivity contribution in [1.29, 1.82) is 0 Å². The molecule has 1 atom stereocenters. The molecule has 19 heavy (non-hydrogen) atoms. The molecule has 0 aliphatic heterocycles. The molecule has 1 aromatic heterocycles. The lowest BCUT2D eigenvalue weighted by Gasteiger charge is -2.18. The monoisotopic (exact) mass is 278 g/mol. The van der Waals surface area contributed by atoms with Crippen LogP contribution >= 0.6 is 11.3 Å². The van der Waals surface area contributed by atoms with Crippen LogP contribution in [0.1, 0.15) is 18.4 Å². The number of hydrogen-bond acceptors (Lipinski definition) is 4. The van der Waals surface area contributed by atoms with Gasteiger partial charge in [0.15, 0.2) is 0 Å². The molecule has 5 heteroatoms. The Hall–Kier alpha value is -1.46. The summed E-state index contributed by atoms with van der Waals surface area (Å²) < 4.78 is 1.15. The van der Waals surface area contributed by atoms with Gasteiger partial charge in [-0.1, -0.05) is 12.1 Å². The van der Waals surface area contributed by atoms with Crippen LogP contribution in [0.4, 0.5) is 0 Å². The average molecular weight is 278 g/mol. The Morgan fingerprint density at radius 3 is 2.89 bits per heavy atom. The van der Waals surface area contributed by atoms with Crippen molar-refractivity contribution in [1.82, 2.24) is 9.88 Å². The van der Waals surface area contributed by atoms with Crippen molar-refractivity contribution >= 4 is 27.5 Å². The van der Waals surface area contributed by atoms with E-state index in [1.165, 1.54) is 0 Å². The van der Waals surface area contributed by atoms with Crippen molar-refractivity contribution < 1.29 is 9.90 Å². The van der Waals surface area contributed by atoms with Crippen LogP contribution in [-0.2, 0) is 11.2 Å². The summed E-state index contributed by atoms with van der Waals surface area (Å²) in [5, 5.41) is 10.2. The summed E-state index contributed by atoms with van der Waals surface area (Å²) in [4.78, 5) is 17.9. The number of aliphatic hydroxyl groups excluding tert-OH is 1. The van der Waals surface area contributed by atoms with Crippen molar-refractivity contribution in [2.24, 2.45) is 0 Å². The number of likely N-dealkylation sites (N-methyl/N-ethyl adjacent to an activating group) is 1. The molecule has 4 nitrogen and oxygen atoms in total. The van der Waals surface area contributed by atoms with E-state index < -0.39 is 6.10 Å². The molecule has 2 rings (SSSR count). The van der Waals surface area contributed by atoms with Gasteiger partial charge in [0, 0.05) is 26.4 Å². The number of thiazole rings is 1. The third-order valence-corrected chi connectivity index (χ3v) is 3.95. The Morgan fingerprint density at radius 2 is 2.21 bits per heavy atom. The third-order valence-electron chi connectivity index (χ3n) is 2.85. The highest BCUT2D eigenvalue weighted by molar-refractivity contribution is 7.18. The second-order valence-electron chi connectivity index (χ2n) is 4.70. The zero-order chi connectivity index (χ0) is 13.8. The number of aromatic nitrogens is 1. The van der Waals surface area contributed by atoms with Gasteiger partial charge in [0.2, 0.25) is 5.91 Å². The first-order valence-corrected chi connectivity index (χ1v) is 7.14. The Morgan fingerprint density at radius 1 is 1.47 bits per heavy atom. The number of fused-ring (bicyclic) bond motifs is 1. The van der Waals surface area contributed by atoms with E-state index in [2.05, 4.69) is 4.98 Å². The molecular formula is C14H18N2O2S. The van der Waals surface area contributed by atoms with Crippen molar-refractivity contribution in [2.75, 3.05) is 13.6 Å². The fraction of sp³-hybridized carbons (Fsp3) is 0.429. The summed E-state index contributed by atoms with van der Waals surface area (Å²) in [5.41, 5.74) is 0.993. The zero-order valence-electron chi connectivity index (χ0n) is 11.2. The number of benzene rings is 1. The minimum Gasteiger partial charge on any atom is -0.392 e. The summed E-state index contributed by atoms with van der Waals surface area (Å²) >= 11 is 1.63. The molecule has 1 N–H and O–H groups in total. The van der Waals surface area contributed by atoms with Crippen LogP contribution in [0.5, 0.6) is 0 Å². The lowest BCUT2D eigenvalue weighted by Crippen LogP contribution is -2.33. The smallest absolute Gasteiger partial charge is 0.222 e. The average Bonchev–Trinajstić information content (AvgIpc) is 2.77. The first-order chi connectivity index (χ1) is 9.06. The summed E-state index contributed by atoms with van der Waals surface area (Å²) in [7, 11) is 1.72. The van der Waals surface area contributed by atoms with Gasteiger partial charge in [0.1, 0.15) is 0 Å². The van der Waals surface area contributed by atoms with Gasteiger partial charge in [-0.05, 0) is 19.1 Å². The molecule has 1 heterocycles. The van der Waals surface area contributed by atoms with Crippen LogP contribution in [0.3, 0.4) is 0 Å². The number of hydrogen-bond donors (Lipinski definition) is 1. The molecule has 1 unspecified atom stereocenters. The van der Waals surface area contributed by atoms with Gasteiger partial charge in [0.05, 0.1) is 21.3 Å². The van der Waals surface area contributed by atoms with Gasteiger partial charge in [-0.3, -0.25) is 4.79 Å². The number of rotatable bonds is 5. The second kappa shape index (κ2) is 6.12. The van der Waals surface area contributed by atoms with Crippen LogP contribution in [0.25, 0.3) is 10.2 Å². The van der Waals surface area contributed by atoms with E-state index in [-0.39, 0.29) is 5.91 Å². The molecule has 0 fully saturated rings. The Kier molecular flexibility index (Phi) is 4.50. The van der Waals surface area contributed by atoms with Gasteiger partial charge in [-0.25, -0.2) is 4.98 Å². The molecule has 0 saturated heterocycles. The highest BCUT2D eigenvalue weighted by Crippen LogP contribution is 2.22. The van der Waals surface area contributed by atoms with Gasteiger partial charge in [0.25, 0.3) is 0 Å². The van der Waals surface area contributed by atoms with E-state index in [1.807, 2.05) is 24.3 Å². The van der Waals surface area contributed by atoms with Crippen LogP contribution < -0.4 is 0 Å². The quantitative estimate of drug-likeness (QED) is 0.911. The number of carbonyl (C=O) groups excluding carboxylic acids is 1. The van der Waals surface area contributed by atoms with E-state index in [4.69, 9.17) is 0 Å². The minimum atomic E-state index is -0.489. The normalized spacial score (nSPS) is 12.6. The van der Waals surface area contributed by atoms with E-state index in [1.54, 1.807) is 30.2 Å². The van der Waals surface area contributed by atoms with E-state index in [9.17, 15) is 9.90 Å². The maximum Gasteiger partial charge on any atom is 0.222 e. The Labute approximate surface area is 116 Å². The molecular weight excluding hydrogens is 260 g/mol. The third kappa shape index (κ3) is 3.75. The molecule has 1 aromatic carbocycles. The molecule has 0 spiro atoms. The number of amides is 1. The van der Waals surface area contributed by atoms with Gasteiger partial charge < -0.3 is 10.0 Å². The zero-order valence-corrected chi connectivity index (χ0v) is 12.0. The first kappa shape index (κ1) is 14.0. The predicted molar refractivity (Wildman–Crippen MR) is 77.3 cm³/mol. The molecule has 0 aliphatic rings. The minimum absolute atomic E-state index is 0.0418. The fourth-order valence-corrected chi connectivity index (χ4v) is 2.90. The van der Waals surface area contributed by atoms with E-state index in [0.29, 0.717) is 19.4 Å².